The zero-order chi connectivity index (χ0) is 26.6. The average molecular weight is 514 g/mol. The lowest BCUT2D eigenvalue weighted by Crippen LogP contribution is -2.68. The van der Waals surface area contributed by atoms with Gasteiger partial charge in [-0.25, -0.2) is 9.40 Å². The third kappa shape index (κ3) is 8.34. The van der Waals surface area contributed by atoms with E-state index in [1.165, 1.54) is 17.1 Å². The summed E-state index contributed by atoms with van der Waals surface area (Å²) < 4.78 is 18.9. The molecule has 9 nitrogen and oxygen atoms in total. The van der Waals surface area contributed by atoms with Crippen LogP contribution in [0.1, 0.15) is 30.9 Å². The first-order valence-corrected chi connectivity index (χ1v) is 12.5. The first-order chi connectivity index (χ1) is 17.9. The van der Waals surface area contributed by atoms with Gasteiger partial charge in [0.15, 0.2) is 0 Å². The molecule has 0 aromatic heterocycles. The molecule has 3 amide bonds. The molecule has 0 spiro atoms. The van der Waals surface area contributed by atoms with Crippen LogP contribution >= 0.6 is 0 Å². The highest BCUT2D eigenvalue weighted by atomic mass is 19.1. The number of halogens is 1. The second kappa shape index (κ2) is 14.4. The van der Waals surface area contributed by atoms with Gasteiger partial charge < -0.3 is 14.5 Å². The van der Waals surface area contributed by atoms with E-state index in [0.29, 0.717) is 45.7 Å². The van der Waals surface area contributed by atoms with E-state index in [2.05, 4.69) is 10.7 Å². The second-order valence-corrected chi connectivity index (χ2v) is 9.05. The molecule has 200 valence electrons. The van der Waals surface area contributed by atoms with E-state index in [9.17, 15) is 18.8 Å². The Hall–Kier alpha value is -3.34. The van der Waals surface area contributed by atoms with Crippen LogP contribution in [0.5, 0.6) is 0 Å². The van der Waals surface area contributed by atoms with Gasteiger partial charge in [-0.1, -0.05) is 55.8 Å². The topological polar surface area (TPSA) is 94.2 Å². The number of piperazine rings is 1. The third-order valence-corrected chi connectivity index (χ3v) is 6.23. The lowest BCUT2D eigenvalue weighted by atomic mass is 10.0. The van der Waals surface area contributed by atoms with Crippen LogP contribution < -0.4 is 10.7 Å². The van der Waals surface area contributed by atoms with Crippen LogP contribution in [0.25, 0.3) is 0 Å². The molecule has 0 bridgehead atoms. The summed E-state index contributed by atoms with van der Waals surface area (Å²) in [6.45, 7) is 3.76. The molecular weight excluding hydrogens is 477 g/mol. The van der Waals surface area contributed by atoms with Gasteiger partial charge in [-0.05, 0) is 29.7 Å². The Labute approximate surface area is 217 Å². The summed E-state index contributed by atoms with van der Waals surface area (Å²) in [7, 11) is 1.60. The van der Waals surface area contributed by atoms with Gasteiger partial charge in [-0.3, -0.25) is 25.1 Å². The Kier molecular flexibility index (Phi) is 11.0. The molecule has 0 radical (unpaired) electrons. The molecule has 10 heteroatoms. The quantitative estimate of drug-likeness (QED) is 0.228. The number of nitrogens with one attached hydrogen (secondary N) is 2. The number of nitrogens with zero attached hydrogens (tertiary/aromatic N) is 3. The number of hydrogen-bond acceptors (Lipinski definition) is 6. The molecule has 1 unspecified atom stereocenters. The first kappa shape index (κ1) is 28.2. The van der Waals surface area contributed by atoms with Crippen LogP contribution in [-0.4, -0.2) is 78.5 Å². The Morgan fingerprint density at radius 3 is 2.57 bits per heavy atom. The molecule has 2 atom stereocenters. The van der Waals surface area contributed by atoms with Gasteiger partial charge in [-0.2, -0.15) is 0 Å². The summed E-state index contributed by atoms with van der Waals surface area (Å²) in [6, 6.07) is 15.3. The largest absolute Gasteiger partial charge is 0.375 e. The highest BCUT2D eigenvalue weighted by Crippen LogP contribution is 2.21. The molecule has 37 heavy (non-hydrogen) atoms. The first-order valence-electron chi connectivity index (χ1n) is 12.5. The third-order valence-electron chi connectivity index (χ3n) is 6.23. The highest BCUT2D eigenvalue weighted by Gasteiger charge is 2.42. The van der Waals surface area contributed by atoms with Crippen molar-refractivity contribution in [3.8, 4) is 0 Å². The standard InChI is InChI=1S/C27H36FN5O4/c1-3-7-24-27(36)32(14-15-37-19-22-10-12-23(28)13-11-22)17-25(29-16-21-8-5-4-6-9-21)33(24)26(35)18-31(2)30-20-34/h4-6,8-13,20,24-25,29H,3,7,14-19H2,1-2H3,(H,30,34)/t24-,25?/m0/s1. The Balaban J connectivity index is 1.71. The molecular formula is C27H36FN5O4. The minimum absolute atomic E-state index is 0.0590. The lowest BCUT2D eigenvalue weighted by Gasteiger charge is -2.46. The van der Waals surface area contributed by atoms with Gasteiger partial charge in [0.1, 0.15) is 18.0 Å². The highest BCUT2D eigenvalue weighted by molar-refractivity contribution is 5.90. The lowest BCUT2D eigenvalue weighted by molar-refractivity contribution is -0.159. The number of carbonyl (C=O) groups is 3. The number of rotatable bonds is 14. The van der Waals surface area contributed by atoms with Crippen molar-refractivity contribution in [1.29, 1.82) is 0 Å². The number of hydrogen-bond donors (Lipinski definition) is 2. The molecule has 0 aliphatic carbocycles. The summed E-state index contributed by atoms with van der Waals surface area (Å²) in [4.78, 5) is 41.0. The van der Waals surface area contributed by atoms with Crippen LogP contribution in [0.4, 0.5) is 4.39 Å². The molecule has 1 heterocycles. The number of carbonyl (C=O) groups excluding carboxylic acids is 3. The van der Waals surface area contributed by atoms with E-state index >= 15 is 0 Å². The van der Waals surface area contributed by atoms with Crippen LogP contribution in [0.2, 0.25) is 0 Å². The van der Waals surface area contributed by atoms with Crippen molar-refractivity contribution in [2.24, 2.45) is 0 Å². The minimum Gasteiger partial charge on any atom is -0.375 e. The fourth-order valence-electron chi connectivity index (χ4n) is 4.38. The van der Waals surface area contributed by atoms with Gasteiger partial charge in [0.25, 0.3) is 0 Å². The van der Waals surface area contributed by atoms with E-state index in [4.69, 9.17) is 4.74 Å². The fraction of sp³-hybridized carbons (Fsp3) is 0.444. The van der Waals surface area contributed by atoms with E-state index in [1.54, 1.807) is 29.0 Å². The van der Waals surface area contributed by atoms with Crippen LogP contribution in [0.15, 0.2) is 54.6 Å². The van der Waals surface area contributed by atoms with Crippen LogP contribution in [0.3, 0.4) is 0 Å². The van der Waals surface area contributed by atoms with E-state index in [0.717, 1.165) is 17.5 Å². The fourth-order valence-corrected chi connectivity index (χ4v) is 4.38. The molecule has 1 aliphatic rings. The molecule has 2 aromatic rings. The maximum absolute atomic E-state index is 13.5. The molecule has 2 aromatic carbocycles. The van der Waals surface area contributed by atoms with Crippen LogP contribution in [-0.2, 0) is 32.3 Å². The van der Waals surface area contributed by atoms with Crippen molar-refractivity contribution >= 4 is 18.2 Å². The summed E-state index contributed by atoms with van der Waals surface area (Å²) in [5.41, 5.74) is 4.37. The molecule has 1 aliphatic heterocycles. The predicted molar refractivity (Wildman–Crippen MR) is 137 cm³/mol. The SMILES string of the molecule is CCC[C@H]1C(=O)N(CCOCc2ccc(F)cc2)CC(NCc2ccccc2)N1C(=O)CN(C)NC=O. The normalized spacial score (nSPS) is 17.8. The molecule has 1 saturated heterocycles. The van der Waals surface area contributed by atoms with Crippen LogP contribution in [0, 0.1) is 5.82 Å². The molecule has 0 saturated carbocycles. The van der Waals surface area contributed by atoms with E-state index in [1.807, 2.05) is 37.3 Å². The summed E-state index contributed by atoms with van der Waals surface area (Å²) >= 11 is 0. The summed E-state index contributed by atoms with van der Waals surface area (Å²) in [5.74, 6) is -0.670. The minimum atomic E-state index is -0.624. The maximum atomic E-state index is 13.5. The zero-order valence-electron chi connectivity index (χ0n) is 21.4. The maximum Gasteiger partial charge on any atom is 0.245 e. The van der Waals surface area contributed by atoms with Gasteiger partial charge in [0, 0.05) is 20.1 Å². The predicted octanol–water partition coefficient (Wildman–Crippen LogP) is 1.89. The van der Waals surface area contributed by atoms with E-state index in [-0.39, 0.29) is 24.2 Å². The molecule has 1 fully saturated rings. The summed E-state index contributed by atoms with van der Waals surface area (Å²) in [6.07, 6.45) is 1.34. The van der Waals surface area contributed by atoms with Crippen molar-refractivity contribution in [2.75, 3.05) is 33.3 Å². The Morgan fingerprint density at radius 1 is 1.16 bits per heavy atom. The van der Waals surface area contributed by atoms with Gasteiger partial charge in [-0.15, -0.1) is 0 Å². The van der Waals surface area contributed by atoms with Crippen molar-refractivity contribution < 1.29 is 23.5 Å². The zero-order valence-corrected chi connectivity index (χ0v) is 21.4. The van der Waals surface area contributed by atoms with E-state index < -0.39 is 12.2 Å². The molecule has 2 N–H and O–H groups in total. The Morgan fingerprint density at radius 2 is 1.89 bits per heavy atom. The van der Waals surface area contributed by atoms with Crippen molar-refractivity contribution in [3.05, 3.63) is 71.5 Å². The average Bonchev–Trinajstić information content (AvgIpc) is 2.89. The van der Waals surface area contributed by atoms with Crippen molar-refractivity contribution in [3.63, 3.8) is 0 Å². The Bertz CT molecular complexity index is 1010. The number of hydrazine groups is 1. The van der Waals surface area contributed by atoms with Gasteiger partial charge >= 0.3 is 0 Å². The number of likely N-dealkylation sites (N-methyl/N-ethyl adjacent to an activating group) is 1. The number of ether oxygens (including phenoxy) is 1. The van der Waals surface area contributed by atoms with Gasteiger partial charge in [0.2, 0.25) is 18.2 Å². The monoisotopic (exact) mass is 513 g/mol. The van der Waals surface area contributed by atoms with Crippen molar-refractivity contribution in [1.82, 2.24) is 25.6 Å². The van der Waals surface area contributed by atoms with Crippen molar-refractivity contribution in [2.45, 2.75) is 45.1 Å². The molecule has 3 rings (SSSR count). The smallest absolute Gasteiger partial charge is 0.245 e. The number of amides is 3. The summed E-state index contributed by atoms with van der Waals surface area (Å²) in [5, 5.41) is 4.86. The number of benzene rings is 2. The second-order valence-electron chi connectivity index (χ2n) is 9.05. The van der Waals surface area contributed by atoms with Gasteiger partial charge in [0.05, 0.1) is 26.3 Å².